The zero-order valence-corrected chi connectivity index (χ0v) is 12.3. The Balaban J connectivity index is 2.50. The second kappa shape index (κ2) is 6.43. The van der Waals surface area contributed by atoms with Crippen LogP contribution in [0.5, 0.6) is 0 Å². The molecule has 1 aromatic heterocycles. The fraction of sp³-hybridized carbons (Fsp3) is 0.286. The lowest BCUT2D eigenvalue weighted by atomic mass is 10.2. The van der Waals surface area contributed by atoms with Crippen LogP contribution in [0.1, 0.15) is 12.5 Å². The van der Waals surface area contributed by atoms with Gasteiger partial charge < -0.3 is 5.01 Å². The Bertz CT molecular complexity index is 546. The summed E-state index contributed by atoms with van der Waals surface area (Å²) in [5.41, 5.74) is 1.13. The van der Waals surface area contributed by atoms with E-state index < -0.39 is 0 Å². The van der Waals surface area contributed by atoms with E-state index in [2.05, 4.69) is 35.2 Å². The second-order valence-corrected chi connectivity index (χ2v) is 5.48. The van der Waals surface area contributed by atoms with E-state index in [-0.39, 0.29) is 0 Å². The first-order valence-electron chi connectivity index (χ1n) is 6.19. The first kappa shape index (κ1) is 13.7. The summed E-state index contributed by atoms with van der Waals surface area (Å²) in [7, 11) is 3.85. The van der Waals surface area contributed by atoms with Crippen LogP contribution >= 0.6 is 11.8 Å². The van der Waals surface area contributed by atoms with Gasteiger partial charge in [0.05, 0.1) is 0 Å². The van der Waals surface area contributed by atoms with Crippen LogP contribution in [-0.4, -0.2) is 40.2 Å². The van der Waals surface area contributed by atoms with Gasteiger partial charge in [-0.05, 0) is 11.8 Å². The molecule has 100 valence electrons. The molecule has 0 saturated heterocycles. The van der Waals surface area contributed by atoms with Crippen molar-refractivity contribution in [3.63, 3.8) is 0 Å². The Morgan fingerprint density at radius 1 is 1.37 bits per heavy atom. The minimum Gasteiger partial charge on any atom is -0.301 e. The van der Waals surface area contributed by atoms with Crippen molar-refractivity contribution in [3.8, 4) is 0 Å². The molecule has 0 radical (unpaired) electrons. The maximum Gasteiger partial charge on any atom is 0.166 e. The molecule has 19 heavy (non-hydrogen) atoms. The van der Waals surface area contributed by atoms with E-state index in [4.69, 9.17) is 0 Å². The minimum absolute atomic E-state index is 0.888. The highest BCUT2D eigenvalue weighted by atomic mass is 32.2. The number of hydrazone groups is 1. The van der Waals surface area contributed by atoms with E-state index in [1.54, 1.807) is 12.5 Å². The summed E-state index contributed by atoms with van der Waals surface area (Å²) >= 11 is 1.82. The van der Waals surface area contributed by atoms with E-state index in [0.717, 1.165) is 17.2 Å². The molecule has 1 aromatic carbocycles. The van der Waals surface area contributed by atoms with Gasteiger partial charge in [-0.2, -0.15) is 5.10 Å². The van der Waals surface area contributed by atoms with Crippen molar-refractivity contribution in [1.82, 2.24) is 14.6 Å². The van der Waals surface area contributed by atoms with Gasteiger partial charge >= 0.3 is 0 Å². The Morgan fingerprint density at radius 2 is 2.16 bits per heavy atom. The molecule has 0 amide bonds. The molecule has 0 aliphatic rings. The highest BCUT2D eigenvalue weighted by Gasteiger charge is 2.11. The summed E-state index contributed by atoms with van der Waals surface area (Å²) in [4.78, 5) is 5.34. The fourth-order valence-corrected chi connectivity index (χ4v) is 2.55. The topological polar surface area (TPSA) is 33.4 Å². The van der Waals surface area contributed by atoms with Crippen molar-refractivity contribution < 1.29 is 0 Å². The largest absolute Gasteiger partial charge is 0.301 e. The third kappa shape index (κ3) is 3.38. The summed E-state index contributed by atoms with van der Waals surface area (Å²) in [5, 5.41) is 6.40. The van der Waals surface area contributed by atoms with Gasteiger partial charge in [-0.15, -0.1) is 11.8 Å². The third-order valence-electron chi connectivity index (χ3n) is 2.47. The zero-order chi connectivity index (χ0) is 13.7. The predicted octanol–water partition coefficient (Wildman–Crippen LogP) is 2.77. The molecule has 2 aromatic rings. The van der Waals surface area contributed by atoms with Gasteiger partial charge in [0.25, 0.3) is 0 Å². The van der Waals surface area contributed by atoms with Gasteiger partial charge in [-0.25, -0.2) is 4.98 Å². The number of nitrogens with zero attached hydrogens (tertiary/aromatic N) is 4. The van der Waals surface area contributed by atoms with Gasteiger partial charge in [0.1, 0.15) is 6.33 Å². The molecule has 4 nitrogen and oxygen atoms in total. The van der Waals surface area contributed by atoms with Crippen LogP contribution in [0.25, 0.3) is 0 Å². The fourth-order valence-electron chi connectivity index (χ4n) is 1.75. The highest BCUT2D eigenvalue weighted by molar-refractivity contribution is 7.99. The molecule has 0 bridgehead atoms. The number of rotatable bonds is 4. The van der Waals surface area contributed by atoms with Gasteiger partial charge in [0.2, 0.25) is 0 Å². The lowest BCUT2D eigenvalue weighted by Gasteiger charge is -2.14. The summed E-state index contributed by atoms with van der Waals surface area (Å²) in [5.74, 6) is 1.93. The Kier molecular flexibility index (Phi) is 4.63. The molecule has 5 heteroatoms. The van der Waals surface area contributed by atoms with Crippen molar-refractivity contribution in [2.75, 3.05) is 19.8 Å². The third-order valence-corrected chi connectivity index (χ3v) is 3.43. The number of thioether (sulfide) groups is 1. The number of imidazole rings is 1. The van der Waals surface area contributed by atoms with Crippen molar-refractivity contribution in [1.29, 1.82) is 0 Å². The molecule has 0 aliphatic carbocycles. The van der Waals surface area contributed by atoms with Crippen LogP contribution in [0.3, 0.4) is 0 Å². The normalized spacial score (nSPS) is 11.6. The quantitative estimate of drug-likeness (QED) is 0.372. The Hall–Kier alpha value is -1.75. The van der Waals surface area contributed by atoms with Crippen LogP contribution in [0, 0.1) is 0 Å². The average Bonchev–Trinajstić information content (AvgIpc) is 2.91. The van der Waals surface area contributed by atoms with E-state index in [1.807, 2.05) is 47.7 Å². The van der Waals surface area contributed by atoms with Crippen LogP contribution in [0.2, 0.25) is 0 Å². The second-order valence-electron chi connectivity index (χ2n) is 4.17. The van der Waals surface area contributed by atoms with Crippen molar-refractivity contribution in [2.45, 2.75) is 11.8 Å². The summed E-state index contributed by atoms with van der Waals surface area (Å²) in [6.45, 7) is 2.15. The van der Waals surface area contributed by atoms with Crippen LogP contribution in [0.15, 0.2) is 53.0 Å². The van der Waals surface area contributed by atoms with E-state index >= 15 is 0 Å². The summed E-state index contributed by atoms with van der Waals surface area (Å²) < 4.78 is 1.94. The van der Waals surface area contributed by atoms with Gasteiger partial charge in [-0.1, -0.05) is 25.1 Å². The molecule has 2 rings (SSSR count). The summed E-state index contributed by atoms with van der Waals surface area (Å²) in [6.07, 6.45) is 5.45. The highest BCUT2D eigenvalue weighted by Crippen LogP contribution is 2.23. The maximum absolute atomic E-state index is 4.59. The van der Waals surface area contributed by atoms with Gasteiger partial charge in [-0.3, -0.25) is 4.57 Å². The average molecular weight is 274 g/mol. The van der Waals surface area contributed by atoms with Gasteiger partial charge in [0.15, 0.2) is 5.84 Å². The van der Waals surface area contributed by atoms with Gasteiger partial charge in [0, 0.05) is 36.9 Å². The van der Waals surface area contributed by atoms with Crippen LogP contribution in [0.4, 0.5) is 0 Å². The molecule has 0 atom stereocenters. The van der Waals surface area contributed by atoms with E-state index in [9.17, 15) is 0 Å². The number of benzene rings is 1. The van der Waals surface area contributed by atoms with Crippen molar-refractivity contribution in [3.05, 3.63) is 48.5 Å². The van der Waals surface area contributed by atoms with Crippen LogP contribution in [-0.2, 0) is 0 Å². The smallest absolute Gasteiger partial charge is 0.166 e. The number of hydrogen-bond donors (Lipinski definition) is 0. The monoisotopic (exact) mass is 274 g/mol. The first-order chi connectivity index (χ1) is 9.22. The molecule has 0 aliphatic heterocycles. The number of hydrogen-bond acceptors (Lipinski definition) is 4. The lowest BCUT2D eigenvalue weighted by molar-refractivity contribution is 0.435. The molecular weight excluding hydrogens is 256 g/mol. The molecule has 0 saturated carbocycles. The standard InChI is InChI=1S/C14H18N4S/c1-4-19-13-8-6-5-7-12(13)14(16-17(2)3)18-10-9-15-11-18/h5-11H,4H2,1-3H3. The van der Waals surface area contributed by atoms with E-state index in [0.29, 0.717) is 0 Å². The van der Waals surface area contributed by atoms with E-state index in [1.165, 1.54) is 4.90 Å². The first-order valence-corrected chi connectivity index (χ1v) is 7.17. The lowest BCUT2D eigenvalue weighted by Crippen LogP contribution is -2.18. The Labute approximate surface area is 118 Å². The molecule has 1 heterocycles. The minimum atomic E-state index is 0.888. The molecule has 0 N–H and O–H groups in total. The zero-order valence-electron chi connectivity index (χ0n) is 11.4. The maximum atomic E-state index is 4.59. The van der Waals surface area contributed by atoms with Crippen molar-refractivity contribution >= 4 is 17.6 Å². The van der Waals surface area contributed by atoms with Crippen molar-refractivity contribution in [2.24, 2.45) is 5.10 Å². The SMILES string of the molecule is CCSc1ccccc1C(=NN(C)C)n1ccnc1. The molecule has 0 spiro atoms. The molecule has 0 fully saturated rings. The molecular formula is C14H18N4S. The molecule has 0 unspecified atom stereocenters. The number of aromatic nitrogens is 2. The Morgan fingerprint density at radius 3 is 2.79 bits per heavy atom. The summed E-state index contributed by atoms with van der Waals surface area (Å²) in [6, 6.07) is 8.33. The van der Waals surface area contributed by atoms with Crippen LogP contribution < -0.4 is 0 Å². The predicted molar refractivity (Wildman–Crippen MR) is 80.7 cm³/mol.